The number of nitrogens with one attached hydrogen (secondary N) is 1. The lowest BCUT2D eigenvalue weighted by atomic mass is 10.1. The van der Waals surface area contributed by atoms with Crippen LogP contribution in [0.1, 0.15) is 18.2 Å². The van der Waals surface area contributed by atoms with Crippen molar-refractivity contribution in [3.8, 4) is 5.75 Å². The Hall–Kier alpha value is -2.40. The van der Waals surface area contributed by atoms with Gasteiger partial charge in [-0.3, -0.25) is 0 Å². The van der Waals surface area contributed by atoms with Gasteiger partial charge in [0.25, 0.3) is 0 Å². The Bertz CT molecular complexity index is 699. The van der Waals surface area contributed by atoms with Crippen LogP contribution in [0.25, 0.3) is 0 Å². The van der Waals surface area contributed by atoms with Gasteiger partial charge in [0.1, 0.15) is 18.2 Å². The molecule has 23 heavy (non-hydrogen) atoms. The van der Waals surface area contributed by atoms with Crippen LogP contribution in [-0.4, -0.2) is 22.6 Å². The number of thiazole rings is 1. The molecule has 3 rings (SSSR count). The molecule has 1 atom stereocenters. The van der Waals surface area contributed by atoms with Crippen molar-refractivity contribution in [1.29, 1.82) is 0 Å². The first-order chi connectivity index (χ1) is 11.3. The van der Waals surface area contributed by atoms with E-state index in [4.69, 9.17) is 4.74 Å². The highest BCUT2D eigenvalue weighted by Gasteiger charge is 2.04. The van der Waals surface area contributed by atoms with Gasteiger partial charge < -0.3 is 10.1 Å². The number of hydrogen-bond acceptors (Lipinski definition) is 5. The molecule has 0 radical (unpaired) electrons. The Morgan fingerprint density at radius 3 is 2.70 bits per heavy atom. The Kier molecular flexibility index (Phi) is 5.21. The number of aromatic nitrogens is 2. The minimum Gasteiger partial charge on any atom is -0.491 e. The summed E-state index contributed by atoms with van der Waals surface area (Å²) in [5.41, 5.74) is 4.21. The fraction of sp³-hybridized carbons (Fsp3) is 0.222. The lowest BCUT2D eigenvalue weighted by molar-refractivity contribution is 0.303. The van der Waals surface area contributed by atoms with Crippen molar-refractivity contribution in [2.24, 2.45) is 0 Å². The predicted octanol–water partition coefficient (Wildman–Crippen LogP) is 4.01. The molecule has 1 aromatic carbocycles. The molecule has 0 bridgehead atoms. The molecule has 2 heterocycles. The van der Waals surface area contributed by atoms with E-state index in [1.807, 2.05) is 35.8 Å². The second-order valence-electron chi connectivity index (χ2n) is 5.37. The molecule has 0 aliphatic heterocycles. The van der Waals surface area contributed by atoms with E-state index in [2.05, 4.69) is 39.7 Å². The zero-order valence-corrected chi connectivity index (χ0v) is 13.8. The molecule has 1 unspecified atom stereocenters. The number of pyridine rings is 1. The molecule has 0 amide bonds. The highest BCUT2D eigenvalue weighted by atomic mass is 32.1. The average molecular weight is 325 g/mol. The van der Waals surface area contributed by atoms with Crippen LogP contribution < -0.4 is 10.1 Å². The van der Waals surface area contributed by atoms with Gasteiger partial charge in [-0.1, -0.05) is 18.2 Å². The molecule has 0 aliphatic rings. The fourth-order valence-electron chi connectivity index (χ4n) is 2.20. The maximum absolute atomic E-state index is 5.83. The summed E-state index contributed by atoms with van der Waals surface area (Å²) in [6.07, 6.45) is 2.64. The summed E-state index contributed by atoms with van der Waals surface area (Å²) in [4.78, 5) is 8.56. The third kappa shape index (κ3) is 4.79. The van der Waals surface area contributed by atoms with Crippen LogP contribution >= 0.6 is 11.3 Å². The second kappa shape index (κ2) is 7.74. The highest BCUT2D eigenvalue weighted by Crippen LogP contribution is 2.16. The molecule has 0 saturated carbocycles. The van der Waals surface area contributed by atoms with E-state index in [-0.39, 0.29) is 6.04 Å². The van der Waals surface area contributed by atoms with Gasteiger partial charge >= 0.3 is 0 Å². The zero-order valence-electron chi connectivity index (χ0n) is 13.0. The van der Waals surface area contributed by atoms with Crippen LogP contribution in [0.3, 0.4) is 0 Å². The second-order valence-corrected chi connectivity index (χ2v) is 6.09. The normalized spacial score (nSPS) is 11.9. The van der Waals surface area contributed by atoms with E-state index in [0.717, 1.165) is 23.7 Å². The quantitative estimate of drug-likeness (QED) is 0.713. The number of nitrogens with zero attached hydrogens (tertiary/aromatic N) is 2. The standard InChI is InChI=1S/C18H19N3OS/c1-14(21-18-4-2-3-9-19-18)11-22-17-7-5-15(6-8-17)10-16-12-23-13-20-16/h2-9,12-14H,10-11H2,1H3,(H,19,21). The van der Waals surface area contributed by atoms with Gasteiger partial charge in [-0.25, -0.2) is 9.97 Å². The lowest BCUT2D eigenvalue weighted by Gasteiger charge is -2.15. The topological polar surface area (TPSA) is 47.0 Å². The van der Waals surface area contributed by atoms with Crippen molar-refractivity contribution in [2.75, 3.05) is 11.9 Å². The Labute approximate surface area is 140 Å². The molecule has 0 fully saturated rings. The highest BCUT2D eigenvalue weighted by molar-refractivity contribution is 7.07. The van der Waals surface area contributed by atoms with Gasteiger partial charge in [-0.2, -0.15) is 0 Å². The van der Waals surface area contributed by atoms with Crippen LogP contribution in [0.2, 0.25) is 0 Å². The van der Waals surface area contributed by atoms with Crippen molar-refractivity contribution in [3.63, 3.8) is 0 Å². The SMILES string of the molecule is CC(COc1ccc(Cc2cscn2)cc1)Nc1ccccn1. The van der Waals surface area contributed by atoms with Gasteiger partial charge in [-0.15, -0.1) is 11.3 Å². The van der Waals surface area contributed by atoms with Crippen LogP contribution in [0.5, 0.6) is 5.75 Å². The van der Waals surface area contributed by atoms with Gasteiger partial charge in [0.2, 0.25) is 0 Å². The summed E-state index contributed by atoms with van der Waals surface area (Å²) in [7, 11) is 0. The molecule has 4 nitrogen and oxygen atoms in total. The first kappa shape index (κ1) is 15.5. The summed E-state index contributed by atoms with van der Waals surface area (Å²) < 4.78 is 5.83. The maximum atomic E-state index is 5.83. The van der Waals surface area contributed by atoms with E-state index >= 15 is 0 Å². The van der Waals surface area contributed by atoms with E-state index in [1.165, 1.54) is 5.56 Å². The van der Waals surface area contributed by atoms with E-state index in [1.54, 1.807) is 17.5 Å². The molecular weight excluding hydrogens is 306 g/mol. The summed E-state index contributed by atoms with van der Waals surface area (Å²) in [6.45, 7) is 2.66. The molecule has 0 spiro atoms. The summed E-state index contributed by atoms with van der Waals surface area (Å²) in [5, 5.41) is 5.39. The Morgan fingerprint density at radius 2 is 2.00 bits per heavy atom. The predicted molar refractivity (Wildman–Crippen MR) is 94.2 cm³/mol. The fourth-order valence-corrected chi connectivity index (χ4v) is 2.76. The van der Waals surface area contributed by atoms with E-state index < -0.39 is 0 Å². The number of ether oxygens (including phenoxy) is 1. The zero-order chi connectivity index (χ0) is 15.9. The average Bonchev–Trinajstić information content (AvgIpc) is 3.08. The summed E-state index contributed by atoms with van der Waals surface area (Å²) in [5.74, 6) is 1.74. The van der Waals surface area contributed by atoms with Crippen molar-refractivity contribution >= 4 is 17.2 Å². The molecular formula is C18H19N3OS. The van der Waals surface area contributed by atoms with Gasteiger partial charge in [0.05, 0.1) is 17.2 Å². The first-order valence-electron chi connectivity index (χ1n) is 7.56. The lowest BCUT2D eigenvalue weighted by Crippen LogP contribution is -2.23. The smallest absolute Gasteiger partial charge is 0.126 e. The van der Waals surface area contributed by atoms with Gasteiger partial charge in [0.15, 0.2) is 0 Å². The number of rotatable bonds is 7. The minimum absolute atomic E-state index is 0.180. The number of hydrogen-bond donors (Lipinski definition) is 1. The molecule has 118 valence electrons. The van der Waals surface area contributed by atoms with Crippen LogP contribution in [0.15, 0.2) is 59.6 Å². The summed E-state index contributed by atoms with van der Waals surface area (Å²) >= 11 is 1.63. The molecule has 5 heteroatoms. The molecule has 1 N–H and O–H groups in total. The third-order valence-corrected chi connectivity index (χ3v) is 3.99. The molecule has 2 aromatic heterocycles. The third-order valence-electron chi connectivity index (χ3n) is 3.35. The van der Waals surface area contributed by atoms with Crippen LogP contribution in [-0.2, 0) is 6.42 Å². The van der Waals surface area contributed by atoms with Crippen molar-refractivity contribution in [1.82, 2.24) is 9.97 Å². The van der Waals surface area contributed by atoms with Gasteiger partial charge in [0, 0.05) is 18.0 Å². The van der Waals surface area contributed by atoms with E-state index in [9.17, 15) is 0 Å². The van der Waals surface area contributed by atoms with Gasteiger partial charge in [-0.05, 0) is 36.8 Å². The van der Waals surface area contributed by atoms with Crippen LogP contribution in [0, 0.1) is 0 Å². The number of anilines is 1. The van der Waals surface area contributed by atoms with Crippen molar-refractivity contribution in [2.45, 2.75) is 19.4 Å². The summed E-state index contributed by atoms with van der Waals surface area (Å²) in [6, 6.07) is 14.2. The monoisotopic (exact) mass is 325 g/mol. The molecule has 3 aromatic rings. The Morgan fingerprint density at radius 1 is 1.13 bits per heavy atom. The van der Waals surface area contributed by atoms with Crippen molar-refractivity contribution in [3.05, 3.63) is 70.8 Å². The first-order valence-corrected chi connectivity index (χ1v) is 8.50. The maximum Gasteiger partial charge on any atom is 0.126 e. The number of benzene rings is 1. The van der Waals surface area contributed by atoms with Crippen molar-refractivity contribution < 1.29 is 4.74 Å². The largest absolute Gasteiger partial charge is 0.491 e. The molecule has 0 saturated heterocycles. The minimum atomic E-state index is 0.180. The molecule has 0 aliphatic carbocycles. The van der Waals surface area contributed by atoms with E-state index in [0.29, 0.717) is 6.61 Å². The van der Waals surface area contributed by atoms with Crippen LogP contribution in [0.4, 0.5) is 5.82 Å². The Balaban J connectivity index is 1.48.